The zero-order chi connectivity index (χ0) is 13.5. The Kier molecular flexibility index (Phi) is 3.95. The van der Waals surface area contributed by atoms with Gasteiger partial charge in [0.25, 0.3) is 0 Å². The number of para-hydroxylation sites is 2. The molecule has 21 heavy (non-hydrogen) atoms. The van der Waals surface area contributed by atoms with Crippen LogP contribution in [-0.2, 0) is 6.54 Å². The Morgan fingerprint density at radius 2 is 1.95 bits per heavy atom. The summed E-state index contributed by atoms with van der Waals surface area (Å²) < 4.78 is 0. The number of benzene rings is 1. The van der Waals surface area contributed by atoms with Gasteiger partial charge in [0.15, 0.2) is 5.13 Å². The van der Waals surface area contributed by atoms with E-state index in [1.807, 2.05) is 6.20 Å². The second-order valence-corrected chi connectivity index (χ2v) is 6.65. The fraction of sp³-hybridized carbons (Fsp3) is 0.400. The number of hydrogen-bond donors (Lipinski definition) is 1. The van der Waals surface area contributed by atoms with E-state index in [0.29, 0.717) is 5.13 Å². The molecular weight excluding hydrogens is 304 g/mol. The van der Waals surface area contributed by atoms with Crippen molar-refractivity contribution in [1.82, 2.24) is 4.98 Å². The van der Waals surface area contributed by atoms with Crippen molar-refractivity contribution in [2.75, 3.05) is 28.6 Å². The van der Waals surface area contributed by atoms with Crippen LogP contribution in [0.2, 0.25) is 0 Å². The fourth-order valence-corrected chi connectivity index (χ4v) is 3.66. The molecule has 4 nitrogen and oxygen atoms in total. The molecule has 2 aliphatic rings. The summed E-state index contributed by atoms with van der Waals surface area (Å²) in [5, 5.41) is 0.657. The first-order chi connectivity index (χ1) is 9.81. The summed E-state index contributed by atoms with van der Waals surface area (Å²) >= 11 is 1.59. The summed E-state index contributed by atoms with van der Waals surface area (Å²) in [5.41, 5.74) is 8.46. The lowest BCUT2D eigenvalue weighted by molar-refractivity contribution is 0.695. The first kappa shape index (κ1) is 14.5. The number of rotatable bonds is 3. The first-order valence-electron chi connectivity index (χ1n) is 7.12. The number of nitrogen functional groups attached to an aromatic ring is 1. The lowest BCUT2D eigenvalue weighted by Crippen LogP contribution is -2.41. The number of thiazole rings is 1. The fourth-order valence-electron chi connectivity index (χ4n) is 2.96. The average molecular weight is 323 g/mol. The minimum Gasteiger partial charge on any atom is -0.375 e. The maximum Gasteiger partial charge on any atom is 0.180 e. The molecule has 1 aliphatic carbocycles. The summed E-state index contributed by atoms with van der Waals surface area (Å²) in [5.74, 6) is 0. The predicted molar refractivity (Wildman–Crippen MR) is 91.6 cm³/mol. The normalized spacial score (nSPS) is 17.3. The maximum absolute atomic E-state index is 5.73. The molecule has 2 heterocycles. The van der Waals surface area contributed by atoms with Crippen molar-refractivity contribution >= 4 is 40.3 Å². The molecule has 0 radical (unpaired) electrons. The van der Waals surface area contributed by atoms with Crippen LogP contribution in [0.15, 0.2) is 30.5 Å². The second-order valence-electron chi connectivity index (χ2n) is 5.50. The van der Waals surface area contributed by atoms with Crippen LogP contribution < -0.4 is 15.5 Å². The minimum absolute atomic E-state index is 0. The van der Waals surface area contributed by atoms with Crippen LogP contribution in [-0.4, -0.2) is 24.1 Å². The molecule has 0 amide bonds. The van der Waals surface area contributed by atoms with Crippen molar-refractivity contribution in [2.24, 2.45) is 0 Å². The van der Waals surface area contributed by atoms with Gasteiger partial charge >= 0.3 is 0 Å². The second kappa shape index (κ2) is 5.73. The van der Waals surface area contributed by atoms with Gasteiger partial charge in [0.2, 0.25) is 0 Å². The van der Waals surface area contributed by atoms with Gasteiger partial charge in [-0.1, -0.05) is 12.1 Å². The van der Waals surface area contributed by atoms with Gasteiger partial charge < -0.3 is 15.5 Å². The number of fused-ring (bicyclic) bond motifs is 1. The summed E-state index contributed by atoms with van der Waals surface area (Å²) in [6, 6.07) is 9.53. The highest BCUT2D eigenvalue weighted by Crippen LogP contribution is 2.40. The van der Waals surface area contributed by atoms with E-state index in [-0.39, 0.29) is 12.4 Å². The summed E-state index contributed by atoms with van der Waals surface area (Å²) in [7, 11) is 0. The van der Waals surface area contributed by atoms with Crippen molar-refractivity contribution in [1.29, 1.82) is 0 Å². The molecule has 0 spiro atoms. The van der Waals surface area contributed by atoms with E-state index in [1.54, 1.807) is 11.3 Å². The number of hydrogen-bond acceptors (Lipinski definition) is 5. The summed E-state index contributed by atoms with van der Waals surface area (Å²) in [6.45, 7) is 3.10. The zero-order valence-electron chi connectivity index (χ0n) is 11.7. The Balaban J connectivity index is 0.00000132. The van der Waals surface area contributed by atoms with Gasteiger partial charge in [-0.15, -0.1) is 23.7 Å². The number of anilines is 3. The Hall–Kier alpha value is -1.46. The highest BCUT2D eigenvalue weighted by molar-refractivity contribution is 7.15. The molecule has 1 fully saturated rings. The van der Waals surface area contributed by atoms with Crippen LogP contribution in [0, 0.1) is 0 Å². The van der Waals surface area contributed by atoms with E-state index >= 15 is 0 Å². The smallest absolute Gasteiger partial charge is 0.180 e. The Morgan fingerprint density at radius 3 is 2.62 bits per heavy atom. The summed E-state index contributed by atoms with van der Waals surface area (Å²) in [6.07, 6.45) is 4.59. The number of aromatic nitrogens is 1. The van der Waals surface area contributed by atoms with Gasteiger partial charge in [0.05, 0.1) is 17.9 Å². The molecule has 0 bridgehead atoms. The molecule has 0 saturated heterocycles. The van der Waals surface area contributed by atoms with Crippen LogP contribution in [0.1, 0.15) is 17.7 Å². The van der Waals surface area contributed by atoms with Crippen LogP contribution in [0.25, 0.3) is 0 Å². The molecule has 0 atom stereocenters. The Bertz CT molecular complexity index is 626. The van der Waals surface area contributed by atoms with Gasteiger partial charge in [0, 0.05) is 30.2 Å². The first-order valence-corrected chi connectivity index (χ1v) is 7.94. The van der Waals surface area contributed by atoms with E-state index in [0.717, 1.165) is 25.7 Å². The Morgan fingerprint density at radius 1 is 1.19 bits per heavy atom. The van der Waals surface area contributed by atoms with E-state index in [4.69, 9.17) is 5.73 Å². The zero-order valence-corrected chi connectivity index (χ0v) is 13.4. The molecule has 112 valence electrons. The average Bonchev–Trinajstić information content (AvgIpc) is 3.23. The Labute approximate surface area is 135 Å². The van der Waals surface area contributed by atoms with E-state index in [1.165, 1.54) is 29.1 Å². The standard InChI is InChI=1S/C15H18N4S.ClH/c16-15-17-9-12(20-15)10-18-7-8-19(11-5-6-11)14-4-2-1-3-13(14)18;/h1-4,9,11H,5-8,10H2,(H2,16,17);1H. The third-order valence-electron chi connectivity index (χ3n) is 4.05. The predicted octanol–water partition coefficient (Wildman–Crippen LogP) is 3.14. The molecule has 4 rings (SSSR count). The van der Waals surface area contributed by atoms with Crippen molar-refractivity contribution in [3.63, 3.8) is 0 Å². The molecule has 1 saturated carbocycles. The molecule has 1 aromatic carbocycles. The van der Waals surface area contributed by atoms with Crippen LogP contribution in [0.5, 0.6) is 0 Å². The van der Waals surface area contributed by atoms with Gasteiger partial charge in [-0.2, -0.15) is 0 Å². The van der Waals surface area contributed by atoms with Crippen molar-refractivity contribution < 1.29 is 0 Å². The number of halogens is 1. The van der Waals surface area contributed by atoms with E-state index in [2.05, 4.69) is 39.0 Å². The quantitative estimate of drug-likeness (QED) is 0.943. The van der Waals surface area contributed by atoms with Crippen LogP contribution in [0.4, 0.5) is 16.5 Å². The third kappa shape index (κ3) is 2.80. The van der Waals surface area contributed by atoms with Crippen LogP contribution in [0.3, 0.4) is 0 Å². The topological polar surface area (TPSA) is 45.4 Å². The molecule has 0 unspecified atom stereocenters. The van der Waals surface area contributed by atoms with Gasteiger partial charge in [-0.3, -0.25) is 0 Å². The van der Waals surface area contributed by atoms with E-state index in [9.17, 15) is 0 Å². The highest BCUT2D eigenvalue weighted by Gasteiger charge is 2.33. The molecule has 2 aromatic rings. The SMILES string of the molecule is Cl.Nc1ncc(CN2CCN(C3CC3)c3ccccc32)s1. The lowest BCUT2D eigenvalue weighted by Gasteiger charge is -2.39. The van der Waals surface area contributed by atoms with Crippen LogP contribution >= 0.6 is 23.7 Å². The number of nitrogens with two attached hydrogens (primary N) is 1. The summed E-state index contributed by atoms with van der Waals surface area (Å²) in [4.78, 5) is 10.4. The van der Waals surface area contributed by atoms with Gasteiger partial charge in [-0.25, -0.2) is 4.98 Å². The monoisotopic (exact) mass is 322 g/mol. The molecule has 1 aliphatic heterocycles. The van der Waals surface area contributed by atoms with Crippen molar-refractivity contribution in [3.05, 3.63) is 35.3 Å². The van der Waals surface area contributed by atoms with Crippen molar-refractivity contribution in [3.8, 4) is 0 Å². The molecule has 2 N–H and O–H groups in total. The molecular formula is C15H19ClN4S. The highest BCUT2D eigenvalue weighted by atomic mass is 35.5. The van der Waals surface area contributed by atoms with E-state index < -0.39 is 0 Å². The molecule has 1 aromatic heterocycles. The third-order valence-corrected chi connectivity index (χ3v) is 4.86. The lowest BCUT2D eigenvalue weighted by atomic mass is 10.1. The maximum atomic E-state index is 5.73. The minimum atomic E-state index is 0. The molecule has 6 heteroatoms. The van der Waals surface area contributed by atoms with Crippen molar-refractivity contribution in [2.45, 2.75) is 25.4 Å². The van der Waals surface area contributed by atoms with Gasteiger partial charge in [0.1, 0.15) is 0 Å². The largest absolute Gasteiger partial charge is 0.375 e. The van der Waals surface area contributed by atoms with Gasteiger partial charge in [-0.05, 0) is 25.0 Å². The number of nitrogens with zero attached hydrogens (tertiary/aromatic N) is 3.